The third-order valence-corrected chi connectivity index (χ3v) is 3.65. The molecule has 0 aromatic heterocycles. The van der Waals surface area contributed by atoms with Crippen LogP contribution in [0.15, 0.2) is 18.2 Å². The van der Waals surface area contributed by atoms with Gasteiger partial charge >= 0.3 is 5.97 Å². The van der Waals surface area contributed by atoms with Crippen LogP contribution in [0.25, 0.3) is 0 Å². The van der Waals surface area contributed by atoms with Crippen molar-refractivity contribution in [2.75, 3.05) is 11.9 Å². The molecule has 0 saturated carbocycles. The summed E-state index contributed by atoms with van der Waals surface area (Å²) in [6.07, 6.45) is 4.52. The lowest BCUT2D eigenvalue weighted by molar-refractivity contribution is -0.116. The maximum absolute atomic E-state index is 11.9. The average Bonchev–Trinajstić information content (AvgIpc) is 2.48. The van der Waals surface area contributed by atoms with E-state index in [1.165, 1.54) is 31.0 Å². The highest BCUT2D eigenvalue weighted by Gasteiger charge is 2.15. The Hall–Kier alpha value is -2.08. The number of benzene rings is 1. The number of piperidine rings is 1. The predicted octanol–water partition coefficient (Wildman–Crippen LogP) is 1.95. The molecule has 0 radical (unpaired) electrons. The summed E-state index contributed by atoms with van der Waals surface area (Å²) < 4.78 is 0. The number of anilines is 1. The van der Waals surface area contributed by atoms with E-state index in [1.807, 2.05) is 0 Å². The highest BCUT2D eigenvalue weighted by molar-refractivity contribution is 5.95. The van der Waals surface area contributed by atoms with E-state index in [0.29, 0.717) is 12.5 Å². The molecule has 4 N–H and O–H groups in total. The summed E-state index contributed by atoms with van der Waals surface area (Å²) in [5.74, 6) is -1.46. The van der Waals surface area contributed by atoms with Gasteiger partial charge in [-0.2, -0.15) is 0 Å². The lowest BCUT2D eigenvalue weighted by Gasteiger charge is -2.23. The number of aromatic carboxylic acids is 1. The molecule has 1 heterocycles. The Bertz CT molecular complexity index is 524. The molecule has 1 aromatic rings. The topological polar surface area (TPSA) is 98.7 Å². The van der Waals surface area contributed by atoms with Crippen LogP contribution in [-0.2, 0) is 4.79 Å². The van der Waals surface area contributed by atoms with E-state index in [1.54, 1.807) is 0 Å². The van der Waals surface area contributed by atoms with Crippen LogP contribution in [0.4, 0.5) is 5.69 Å². The molecule has 1 atom stereocenters. The van der Waals surface area contributed by atoms with Crippen LogP contribution in [-0.4, -0.2) is 34.7 Å². The van der Waals surface area contributed by atoms with E-state index in [-0.39, 0.29) is 22.9 Å². The molecule has 1 aliphatic rings. The van der Waals surface area contributed by atoms with E-state index in [2.05, 4.69) is 10.6 Å². The van der Waals surface area contributed by atoms with Crippen molar-refractivity contribution in [3.8, 4) is 5.75 Å². The number of amides is 1. The molecule has 0 spiro atoms. The summed E-state index contributed by atoms with van der Waals surface area (Å²) in [5.41, 5.74) is 0.161. The lowest BCUT2D eigenvalue weighted by atomic mass is 10.0. The van der Waals surface area contributed by atoms with Crippen LogP contribution in [0.2, 0.25) is 0 Å². The molecule has 1 unspecified atom stereocenters. The molecule has 1 aromatic carbocycles. The molecule has 1 amide bonds. The van der Waals surface area contributed by atoms with Gasteiger partial charge in [-0.25, -0.2) is 4.79 Å². The first-order valence-electron chi connectivity index (χ1n) is 7.16. The quantitative estimate of drug-likeness (QED) is 0.622. The summed E-state index contributed by atoms with van der Waals surface area (Å²) in [5, 5.41) is 24.5. The average molecular weight is 292 g/mol. The van der Waals surface area contributed by atoms with Gasteiger partial charge < -0.3 is 20.8 Å². The van der Waals surface area contributed by atoms with E-state index >= 15 is 0 Å². The standard InChI is InChI=1S/C15H20N2O4/c18-13-6-4-10(15(20)21)9-12(13)17-14(19)7-5-11-3-1-2-8-16-11/h4,6,9,11,16,18H,1-3,5,7-8H2,(H,17,19)(H,20,21). The molecule has 6 nitrogen and oxygen atoms in total. The predicted molar refractivity (Wildman–Crippen MR) is 78.6 cm³/mol. The van der Waals surface area contributed by atoms with Gasteiger partial charge in [-0.1, -0.05) is 6.42 Å². The third-order valence-electron chi connectivity index (χ3n) is 3.65. The minimum absolute atomic E-state index is 0.0250. The van der Waals surface area contributed by atoms with Crippen molar-refractivity contribution in [1.29, 1.82) is 0 Å². The van der Waals surface area contributed by atoms with Gasteiger partial charge in [0.05, 0.1) is 11.3 Å². The van der Waals surface area contributed by atoms with Crippen molar-refractivity contribution >= 4 is 17.6 Å². The molecule has 1 saturated heterocycles. The van der Waals surface area contributed by atoms with Gasteiger partial charge in [0.2, 0.25) is 5.91 Å². The van der Waals surface area contributed by atoms with Crippen LogP contribution < -0.4 is 10.6 Å². The van der Waals surface area contributed by atoms with Gasteiger partial charge in [-0.05, 0) is 44.0 Å². The summed E-state index contributed by atoms with van der Waals surface area (Å²) in [4.78, 5) is 22.8. The Balaban J connectivity index is 1.89. The summed E-state index contributed by atoms with van der Waals surface area (Å²) in [6.45, 7) is 0.994. The number of carbonyl (C=O) groups excluding carboxylic acids is 1. The first kappa shape index (κ1) is 15.3. The highest BCUT2D eigenvalue weighted by atomic mass is 16.4. The fraction of sp³-hybridized carbons (Fsp3) is 0.467. The van der Waals surface area contributed by atoms with Gasteiger partial charge in [0.25, 0.3) is 0 Å². The van der Waals surface area contributed by atoms with Crippen LogP contribution >= 0.6 is 0 Å². The molecule has 0 bridgehead atoms. The zero-order chi connectivity index (χ0) is 15.2. The van der Waals surface area contributed by atoms with Crippen molar-refractivity contribution in [2.45, 2.75) is 38.1 Å². The number of carboxylic acid groups (broad SMARTS) is 1. The van der Waals surface area contributed by atoms with Crippen LogP contribution in [0.1, 0.15) is 42.5 Å². The number of phenols is 1. The van der Waals surface area contributed by atoms with Gasteiger partial charge in [-0.15, -0.1) is 0 Å². The fourth-order valence-corrected chi connectivity index (χ4v) is 2.46. The van der Waals surface area contributed by atoms with Gasteiger partial charge in [0.15, 0.2) is 0 Å². The summed E-state index contributed by atoms with van der Waals surface area (Å²) in [6, 6.07) is 4.18. The van der Waals surface area contributed by atoms with Gasteiger partial charge in [0, 0.05) is 12.5 Å². The molecule has 1 aliphatic heterocycles. The number of carbonyl (C=O) groups is 2. The molecule has 6 heteroatoms. The molecule has 1 fully saturated rings. The number of rotatable bonds is 5. The second kappa shape index (κ2) is 7.08. The SMILES string of the molecule is O=C(CCC1CCCCN1)Nc1cc(C(=O)O)ccc1O. The highest BCUT2D eigenvalue weighted by Crippen LogP contribution is 2.24. The van der Waals surface area contributed by atoms with Crippen LogP contribution in [0.3, 0.4) is 0 Å². The van der Waals surface area contributed by atoms with Crippen molar-refractivity contribution in [1.82, 2.24) is 5.32 Å². The summed E-state index contributed by atoms with van der Waals surface area (Å²) in [7, 11) is 0. The number of nitrogens with one attached hydrogen (secondary N) is 2. The summed E-state index contributed by atoms with van der Waals surface area (Å²) >= 11 is 0. The zero-order valence-corrected chi connectivity index (χ0v) is 11.8. The number of carboxylic acids is 1. The number of phenolic OH excluding ortho intramolecular Hbond substituents is 1. The Morgan fingerprint density at radius 2 is 2.14 bits per heavy atom. The first-order valence-corrected chi connectivity index (χ1v) is 7.16. The van der Waals surface area contributed by atoms with E-state index in [0.717, 1.165) is 19.4 Å². The molecular formula is C15H20N2O4. The van der Waals surface area contributed by atoms with Crippen molar-refractivity contribution in [3.05, 3.63) is 23.8 Å². The molecule has 21 heavy (non-hydrogen) atoms. The number of aromatic hydroxyl groups is 1. The van der Waals surface area contributed by atoms with Crippen LogP contribution in [0.5, 0.6) is 5.75 Å². The lowest BCUT2D eigenvalue weighted by Crippen LogP contribution is -2.34. The molecule has 114 valence electrons. The smallest absolute Gasteiger partial charge is 0.335 e. The molecule has 2 rings (SSSR count). The Morgan fingerprint density at radius 1 is 1.33 bits per heavy atom. The molecular weight excluding hydrogens is 272 g/mol. The first-order chi connectivity index (χ1) is 10.1. The third kappa shape index (κ3) is 4.46. The van der Waals surface area contributed by atoms with E-state index in [9.17, 15) is 14.7 Å². The Morgan fingerprint density at radius 3 is 2.81 bits per heavy atom. The van der Waals surface area contributed by atoms with Crippen molar-refractivity contribution in [3.63, 3.8) is 0 Å². The largest absolute Gasteiger partial charge is 0.506 e. The van der Waals surface area contributed by atoms with Crippen LogP contribution in [0, 0.1) is 0 Å². The Labute approximate surface area is 123 Å². The maximum atomic E-state index is 11.9. The Kier molecular flexibility index (Phi) is 5.16. The number of hydrogen-bond acceptors (Lipinski definition) is 4. The maximum Gasteiger partial charge on any atom is 0.335 e. The van der Waals surface area contributed by atoms with Crippen molar-refractivity contribution < 1.29 is 19.8 Å². The van der Waals surface area contributed by atoms with Crippen molar-refractivity contribution in [2.24, 2.45) is 0 Å². The van der Waals surface area contributed by atoms with Gasteiger partial charge in [0.1, 0.15) is 5.75 Å². The molecule has 0 aliphatic carbocycles. The van der Waals surface area contributed by atoms with E-state index in [4.69, 9.17) is 5.11 Å². The zero-order valence-electron chi connectivity index (χ0n) is 11.8. The second-order valence-electron chi connectivity index (χ2n) is 5.27. The normalized spacial score (nSPS) is 18.2. The minimum Gasteiger partial charge on any atom is -0.506 e. The van der Waals surface area contributed by atoms with Gasteiger partial charge in [-0.3, -0.25) is 4.79 Å². The fourth-order valence-electron chi connectivity index (χ4n) is 2.46. The minimum atomic E-state index is -1.10. The monoisotopic (exact) mass is 292 g/mol. The van der Waals surface area contributed by atoms with E-state index < -0.39 is 5.97 Å². The second-order valence-corrected chi connectivity index (χ2v) is 5.27. The number of hydrogen-bond donors (Lipinski definition) is 4.